The Morgan fingerprint density at radius 2 is 2.00 bits per heavy atom. The van der Waals surface area contributed by atoms with Gasteiger partial charge in [-0.2, -0.15) is 0 Å². The van der Waals surface area contributed by atoms with Crippen molar-refractivity contribution in [2.24, 2.45) is 0 Å². The molecule has 3 heterocycles. The maximum absolute atomic E-state index is 4.74. The number of hydrogen-bond donors (Lipinski definition) is 1. The number of nitrogens with one attached hydrogen (secondary N) is 1. The van der Waals surface area contributed by atoms with Crippen LogP contribution in [0, 0.1) is 6.92 Å². The van der Waals surface area contributed by atoms with Gasteiger partial charge in [0.25, 0.3) is 0 Å². The van der Waals surface area contributed by atoms with E-state index in [-0.39, 0.29) is 6.04 Å². The van der Waals surface area contributed by atoms with Crippen LogP contribution < -0.4 is 5.32 Å². The summed E-state index contributed by atoms with van der Waals surface area (Å²) < 4.78 is 0. The van der Waals surface area contributed by atoms with Gasteiger partial charge >= 0.3 is 0 Å². The van der Waals surface area contributed by atoms with Gasteiger partial charge in [0.1, 0.15) is 0 Å². The highest BCUT2D eigenvalue weighted by Crippen LogP contribution is 2.27. The number of rotatable bonds is 3. The normalized spacial score (nSPS) is 17.9. The Hall–Kier alpha value is -1.78. The van der Waals surface area contributed by atoms with Crippen LogP contribution in [0.25, 0.3) is 0 Å². The van der Waals surface area contributed by atoms with Gasteiger partial charge in [0.2, 0.25) is 0 Å². The first-order chi connectivity index (χ1) is 9.84. The van der Waals surface area contributed by atoms with Crippen molar-refractivity contribution >= 4 is 0 Å². The Morgan fingerprint density at radius 1 is 1.15 bits per heavy atom. The van der Waals surface area contributed by atoms with Crippen molar-refractivity contribution in [1.29, 1.82) is 0 Å². The number of aryl methyl sites for hydroxylation is 1. The third kappa shape index (κ3) is 2.86. The van der Waals surface area contributed by atoms with Gasteiger partial charge in [-0.25, -0.2) is 0 Å². The molecule has 20 heavy (non-hydrogen) atoms. The van der Waals surface area contributed by atoms with Crippen LogP contribution in [0.5, 0.6) is 0 Å². The molecular weight excluding hydrogens is 248 g/mol. The molecule has 0 aromatic carbocycles. The van der Waals surface area contributed by atoms with Crippen molar-refractivity contribution < 1.29 is 0 Å². The van der Waals surface area contributed by atoms with E-state index in [1.54, 1.807) is 0 Å². The van der Waals surface area contributed by atoms with Gasteiger partial charge in [-0.15, -0.1) is 0 Å². The number of aromatic nitrogens is 2. The third-order valence-corrected chi connectivity index (χ3v) is 3.71. The van der Waals surface area contributed by atoms with Gasteiger partial charge in [0, 0.05) is 44.3 Å². The molecule has 1 aliphatic heterocycles. The van der Waals surface area contributed by atoms with Crippen LogP contribution in [-0.4, -0.2) is 41.0 Å². The van der Waals surface area contributed by atoms with Crippen LogP contribution in [0.1, 0.15) is 23.0 Å². The van der Waals surface area contributed by atoms with Crippen molar-refractivity contribution in [2.45, 2.75) is 13.0 Å². The number of nitrogens with zero attached hydrogens (tertiary/aromatic N) is 3. The SMILES string of the molecule is Cc1cccc(C(c2cccnc2)N2CCNCC2)n1. The number of piperazine rings is 1. The third-order valence-electron chi connectivity index (χ3n) is 3.71. The molecule has 0 amide bonds. The molecule has 104 valence electrons. The van der Waals surface area contributed by atoms with Crippen LogP contribution in [0.3, 0.4) is 0 Å². The fourth-order valence-corrected chi connectivity index (χ4v) is 2.76. The molecule has 1 atom stereocenters. The molecule has 0 spiro atoms. The van der Waals surface area contributed by atoms with Crippen molar-refractivity contribution in [3.8, 4) is 0 Å². The van der Waals surface area contributed by atoms with Gasteiger partial charge in [0.05, 0.1) is 11.7 Å². The zero-order valence-electron chi connectivity index (χ0n) is 11.8. The Morgan fingerprint density at radius 3 is 2.70 bits per heavy atom. The lowest BCUT2D eigenvalue weighted by molar-refractivity contribution is 0.195. The highest BCUT2D eigenvalue weighted by Gasteiger charge is 2.25. The lowest BCUT2D eigenvalue weighted by atomic mass is 10.0. The Kier molecular flexibility index (Phi) is 4.04. The predicted octanol–water partition coefficient (Wildman–Crippen LogP) is 1.78. The molecule has 2 aromatic heterocycles. The van der Waals surface area contributed by atoms with E-state index in [2.05, 4.69) is 33.4 Å². The molecule has 2 aromatic rings. The molecule has 1 fully saturated rings. The summed E-state index contributed by atoms with van der Waals surface area (Å²) >= 11 is 0. The summed E-state index contributed by atoms with van der Waals surface area (Å²) in [4.78, 5) is 11.5. The molecule has 1 saturated heterocycles. The summed E-state index contributed by atoms with van der Waals surface area (Å²) in [5.74, 6) is 0. The van der Waals surface area contributed by atoms with Crippen LogP contribution in [0.4, 0.5) is 0 Å². The van der Waals surface area contributed by atoms with E-state index >= 15 is 0 Å². The van der Waals surface area contributed by atoms with E-state index in [0.29, 0.717) is 0 Å². The molecule has 0 saturated carbocycles. The summed E-state index contributed by atoms with van der Waals surface area (Å²) in [5, 5.41) is 3.41. The first-order valence-corrected chi connectivity index (χ1v) is 7.13. The van der Waals surface area contributed by atoms with Gasteiger partial charge in [0.15, 0.2) is 0 Å². The number of hydrogen-bond acceptors (Lipinski definition) is 4. The molecule has 0 radical (unpaired) electrons. The molecule has 1 aliphatic rings. The first-order valence-electron chi connectivity index (χ1n) is 7.13. The monoisotopic (exact) mass is 268 g/mol. The van der Waals surface area contributed by atoms with Crippen molar-refractivity contribution in [1.82, 2.24) is 20.2 Å². The molecule has 0 aliphatic carbocycles. The van der Waals surface area contributed by atoms with Crippen LogP contribution in [0.2, 0.25) is 0 Å². The predicted molar refractivity (Wildman–Crippen MR) is 79.5 cm³/mol. The minimum atomic E-state index is 0.200. The van der Waals surface area contributed by atoms with Gasteiger partial charge < -0.3 is 5.32 Å². The fraction of sp³-hybridized carbons (Fsp3) is 0.375. The van der Waals surface area contributed by atoms with E-state index in [0.717, 1.165) is 37.6 Å². The largest absolute Gasteiger partial charge is 0.314 e. The Bertz CT molecular complexity index is 549. The maximum Gasteiger partial charge on any atom is 0.0792 e. The van der Waals surface area contributed by atoms with Crippen LogP contribution >= 0.6 is 0 Å². The molecule has 3 rings (SSSR count). The molecule has 0 bridgehead atoms. The van der Waals surface area contributed by atoms with Crippen molar-refractivity contribution in [3.05, 3.63) is 59.7 Å². The molecule has 1 N–H and O–H groups in total. The highest BCUT2D eigenvalue weighted by atomic mass is 15.2. The lowest BCUT2D eigenvalue weighted by Gasteiger charge is -2.34. The lowest BCUT2D eigenvalue weighted by Crippen LogP contribution is -2.45. The summed E-state index contributed by atoms with van der Waals surface area (Å²) in [7, 11) is 0. The maximum atomic E-state index is 4.74. The highest BCUT2D eigenvalue weighted by molar-refractivity contribution is 5.26. The van der Waals surface area contributed by atoms with E-state index in [9.17, 15) is 0 Å². The van der Waals surface area contributed by atoms with Gasteiger partial charge in [-0.1, -0.05) is 12.1 Å². The minimum Gasteiger partial charge on any atom is -0.314 e. The molecular formula is C16H20N4. The van der Waals surface area contributed by atoms with Crippen molar-refractivity contribution in [2.75, 3.05) is 26.2 Å². The standard InChI is InChI=1S/C16H20N4/c1-13-4-2-6-15(19-13)16(14-5-3-7-18-12-14)20-10-8-17-9-11-20/h2-7,12,16-17H,8-11H2,1H3. The average molecular weight is 268 g/mol. The van der Waals surface area contributed by atoms with E-state index in [1.807, 2.05) is 31.5 Å². The summed E-state index contributed by atoms with van der Waals surface area (Å²) in [5.41, 5.74) is 3.39. The summed E-state index contributed by atoms with van der Waals surface area (Å²) in [6, 6.07) is 10.6. The summed E-state index contributed by atoms with van der Waals surface area (Å²) in [6.45, 7) is 6.18. The van der Waals surface area contributed by atoms with Gasteiger partial charge in [-0.3, -0.25) is 14.9 Å². The van der Waals surface area contributed by atoms with E-state index in [1.165, 1.54) is 5.56 Å². The topological polar surface area (TPSA) is 41.1 Å². The minimum absolute atomic E-state index is 0.200. The second kappa shape index (κ2) is 6.11. The van der Waals surface area contributed by atoms with E-state index < -0.39 is 0 Å². The molecule has 4 nitrogen and oxygen atoms in total. The second-order valence-corrected chi connectivity index (χ2v) is 5.18. The average Bonchev–Trinajstić information content (AvgIpc) is 2.50. The fourth-order valence-electron chi connectivity index (χ4n) is 2.76. The molecule has 1 unspecified atom stereocenters. The Labute approximate surface area is 119 Å². The van der Waals surface area contributed by atoms with Crippen LogP contribution in [0.15, 0.2) is 42.7 Å². The van der Waals surface area contributed by atoms with Crippen LogP contribution in [-0.2, 0) is 0 Å². The number of pyridine rings is 2. The Balaban J connectivity index is 1.98. The zero-order chi connectivity index (χ0) is 13.8. The first kappa shape index (κ1) is 13.2. The second-order valence-electron chi connectivity index (χ2n) is 5.18. The summed E-state index contributed by atoms with van der Waals surface area (Å²) in [6.07, 6.45) is 3.78. The zero-order valence-corrected chi connectivity index (χ0v) is 11.8. The smallest absolute Gasteiger partial charge is 0.0792 e. The quantitative estimate of drug-likeness (QED) is 0.921. The van der Waals surface area contributed by atoms with Crippen molar-refractivity contribution in [3.63, 3.8) is 0 Å². The van der Waals surface area contributed by atoms with Gasteiger partial charge in [-0.05, 0) is 30.7 Å². The molecule has 4 heteroatoms. The van der Waals surface area contributed by atoms with E-state index in [4.69, 9.17) is 4.98 Å².